The molecule has 0 spiro atoms. The predicted octanol–water partition coefficient (Wildman–Crippen LogP) is -0.210. The average molecular weight is 321 g/mol. The molecule has 2 saturated heterocycles. The van der Waals surface area contributed by atoms with Gasteiger partial charge in [0.2, 0.25) is 5.91 Å². The first kappa shape index (κ1) is 18.0. The molecule has 0 atom stereocenters. The van der Waals surface area contributed by atoms with Gasteiger partial charge in [-0.05, 0) is 19.8 Å². The molecule has 2 fully saturated rings. The van der Waals surface area contributed by atoms with Crippen LogP contribution < -0.4 is 11.1 Å². The van der Waals surface area contributed by atoms with Gasteiger partial charge in [0.25, 0.3) is 0 Å². The summed E-state index contributed by atoms with van der Waals surface area (Å²) in [6, 6.07) is -0.0619. The van der Waals surface area contributed by atoms with Gasteiger partial charge < -0.3 is 25.6 Å². The number of halogens is 1. The normalized spacial score (nSPS) is 21.4. The third kappa shape index (κ3) is 4.21. The van der Waals surface area contributed by atoms with Gasteiger partial charge in [-0.3, -0.25) is 4.79 Å². The van der Waals surface area contributed by atoms with E-state index in [0.29, 0.717) is 58.8 Å². The van der Waals surface area contributed by atoms with Crippen molar-refractivity contribution in [1.82, 2.24) is 15.1 Å². The zero-order valence-electron chi connectivity index (χ0n) is 12.5. The Morgan fingerprint density at radius 3 is 2.19 bits per heavy atom. The number of hydrogen-bond acceptors (Lipinski definition) is 4. The van der Waals surface area contributed by atoms with Crippen molar-refractivity contribution in [3.8, 4) is 0 Å². The molecule has 122 valence electrons. The van der Waals surface area contributed by atoms with Gasteiger partial charge in [-0.1, -0.05) is 0 Å². The molecule has 3 amide bonds. The molecule has 0 bridgehead atoms. The van der Waals surface area contributed by atoms with Crippen LogP contribution in [0.1, 0.15) is 19.8 Å². The van der Waals surface area contributed by atoms with Crippen LogP contribution in [0, 0.1) is 0 Å². The number of hydrogen-bond donors (Lipinski definition) is 2. The average Bonchev–Trinajstić information content (AvgIpc) is 2.48. The molecular formula is C13H25ClN4O3. The Labute approximate surface area is 131 Å². The minimum absolute atomic E-state index is 0. The fourth-order valence-electron chi connectivity index (χ4n) is 2.64. The Hall–Kier alpha value is -1.05. The summed E-state index contributed by atoms with van der Waals surface area (Å²) in [6.07, 6.45) is 1.14. The standard InChI is InChI=1S/C13H24N4O3.ClH/c1-2-15-12(19)17-7-5-16(6-8-17)11(18)13(14)3-9-20-10-4-13;/h2-10,14H2,1H3,(H,15,19);1H. The van der Waals surface area contributed by atoms with E-state index in [1.54, 1.807) is 9.80 Å². The van der Waals surface area contributed by atoms with Crippen molar-refractivity contribution in [2.75, 3.05) is 45.9 Å². The van der Waals surface area contributed by atoms with Crippen molar-refractivity contribution >= 4 is 24.3 Å². The monoisotopic (exact) mass is 320 g/mol. The van der Waals surface area contributed by atoms with Gasteiger partial charge in [-0.25, -0.2) is 4.79 Å². The van der Waals surface area contributed by atoms with Crippen LogP contribution in [-0.4, -0.2) is 73.2 Å². The van der Waals surface area contributed by atoms with Crippen molar-refractivity contribution in [2.45, 2.75) is 25.3 Å². The second-order valence-corrected chi connectivity index (χ2v) is 5.38. The van der Waals surface area contributed by atoms with Gasteiger partial charge in [-0.15, -0.1) is 12.4 Å². The van der Waals surface area contributed by atoms with Crippen LogP contribution in [0.5, 0.6) is 0 Å². The summed E-state index contributed by atoms with van der Waals surface area (Å²) in [6.45, 7) is 5.81. The van der Waals surface area contributed by atoms with Gasteiger partial charge in [-0.2, -0.15) is 0 Å². The molecule has 0 aromatic rings. The smallest absolute Gasteiger partial charge is 0.317 e. The molecule has 2 aliphatic heterocycles. The van der Waals surface area contributed by atoms with Crippen molar-refractivity contribution < 1.29 is 14.3 Å². The maximum absolute atomic E-state index is 12.5. The highest BCUT2D eigenvalue weighted by atomic mass is 35.5. The maximum atomic E-state index is 12.5. The summed E-state index contributed by atoms with van der Waals surface area (Å²) >= 11 is 0. The minimum Gasteiger partial charge on any atom is -0.381 e. The molecule has 0 radical (unpaired) electrons. The quantitative estimate of drug-likeness (QED) is 0.737. The van der Waals surface area contributed by atoms with Crippen molar-refractivity contribution in [1.29, 1.82) is 0 Å². The lowest BCUT2D eigenvalue weighted by molar-refractivity contribution is -0.142. The highest BCUT2D eigenvalue weighted by molar-refractivity contribution is 5.86. The van der Waals surface area contributed by atoms with E-state index in [1.807, 2.05) is 6.92 Å². The van der Waals surface area contributed by atoms with Crippen LogP contribution in [-0.2, 0) is 9.53 Å². The molecule has 0 aromatic carbocycles. The first-order valence-corrected chi connectivity index (χ1v) is 7.25. The summed E-state index contributed by atoms with van der Waals surface area (Å²) in [5.74, 6) is -0.00338. The van der Waals surface area contributed by atoms with E-state index in [9.17, 15) is 9.59 Å². The highest BCUT2D eigenvalue weighted by Crippen LogP contribution is 2.21. The summed E-state index contributed by atoms with van der Waals surface area (Å²) < 4.78 is 5.27. The van der Waals surface area contributed by atoms with E-state index in [-0.39, 0.29) is 24.3 Å². The Morgan fingerprint density at radius 1 is 1.14 bits per heavy atom. The van der Waals surface area contributed by atoms with E-state index in [2.05, 4.69) is 5.32 Å². The number of piperazine rings is 1. The number of carbonyl (C=O) groups is 2. The largest absolute Gasteiger partial charge is 0.381 e. The number of amides is 3. The van der Waals surface area contributed by atoms with Gasteiger partial charge >= 0.3 is 6.03 Å². The summed E-state index contributed by atoms with van der Waals surface area (Å²) in [7, 11) is 0. The number of rotatable bonds is 2. The van der Waals surface area contributed by atoms with E-state index < -0.39 is 5.54 Å². The molecule has 3 N–H and O–H groups in total. The summed E-state index contributed by atoms with van der Waals surface area (Å²) in [5.41, 5.74) is 5.43. The molecule has 0 unspecified atom stereocenters. The molecular weight excluding hydrogens is 296 g/mol. The Kier molecular flexibility index (Phi) is 6.70. The number of urea groups is 1. The molecule has 8 heteroatoms. The van der Waals surface area contributed by atoms with Crippen molar-refractivity contribution in [3.63, 3.8) is 0 Å². The zero-order chi connectivity index (χ0) is 14.6. The van der Waals surface area contributed by atoms with Crippen molar-refractivity contribution in [3.05, 3.63) is 0 Å². The molecule has 2 rings (SSSR count). The molecule has 0 aromatic heterocycles. The summed E-state index contributed by atoms with van der Waals surface area (Å²) in [4.78, 5) is 27.7. The van der Waals surface area contributed by atoms with E-state index in [0.717, 1.165) is 0 Å². The van der Waals surface area contributed by atoms with Gasteiger partial charge in [0.05, 0.1) is 5.54 Å². The second-order valence-electron chi connectivity index (χ2n) is 5.38. The van der Waals surface area contributed by atoms with E-state index in [1.165, 1.54) is 0 Å². The lowest BCUT2D eigenvalue weighted by Gasteiger charge is -2.40. The number of nitrogens with two attached hydrogens (primary N) is 1. The van der Waals surface area contributed by atoms with Crippen LogP contribution in [0.3, 0.4) is 0 Å². The molecule has 0 saturated carbocycles. The number of nitrogens with one attached hydrogen (secondary N) is 1. The Bertz CT molecular complexity index is 366. The Morgan fingerprint density at radius 2 is 1.67 bits per heavy atom. The highest BCUT2D eigenvalue weighted by Gasteiger charge is 2.39. The maximum Gasteiger partial charge on any atom is 0.317 e. The third-order valence-corrected chi connectivity index (χ3v) is 3.99. The molecule has 2 aliphatic rings. The molecule has 21 heavy (non-hydrogen) atoms. The van der Waals surface area contributed by atoms with Gasteiger partial charge in [0.1, 0.15) is 0 Å². The second kappa shape index (κ2) is 7.82. The number of carbonyl (C=O) groups excluding carboxylic acids is 2. The van der Waals surface area contributed by atoms with Gasteiger partial charge in [0.15, 0.2) is 0 Å². The third-order valence-electron chi connectivity index (χ3n) is 3.99. The molecule has 0 aliphatic carbocycles. The zero-order valence-corrected chi connectivity index (χ0v) is 13.3. The Balaban J connectivity index is 0.00000220. The minimum atomic E-state index is -0.786. The fourth-order valence-corrected chi connectivity index (χ4v) is 2.64. The predicted molar refractivity (Wildman–Crippen MR) is 81.4 cm³/mol. The van der Waals surface area contributed by atoms with Crippen LogP contribution in [0.15, 0.2) is 0 Å². The number of nitrogens with zero attached hydrogens (tertiary/aromatic N) is 2. The van der Waals surface area contributed by atoms with Crippen LogP contribution in [0.25, 0.3) is 0 Å². The van der Waals surface area contributed by atoms with Gasteiger partial charge in [0, 0.05) is 45.9 Å². The molecule has 7 nitrogen and oxygen atoms in total. The topological polar surface area (TPSA) is 87.9 Å². The van der Waals surface area contributed by atoms with E-state index in [4.69, 9.17) is 10.5 Å². The van der Waals surface area contributed by atoms with Crippen LogP contribution >= 0.6 is 12.4 Å². The number of ether oxygens (including phenoxy) is 1. The van der Waals surface area contributed by atoms with E-state index >= 15 is 0 Å². The molecule has 2 heterocycles. The van der Waals surface area contributed by atoms with Crippen LogP contribution in [0.2, 0.25) is 0 Å². The van der Waals surface area contributed by atoms with Crippen molar-refractivity contribution in [2.24, 2.45) is 5.73 Å². The fraction of sp³-hybridized carbons (Fsp3) is 0.846. The first-order valence-electron chi connectivity index (χ1n) is 7.25. The summed E-state index contributed by atoms with van der Waals surface area (Å²) in [5, 5.41) is 2.77. The lowest BCUT2D eigenvalue weighted by atomic mass is 9.89. The first-order chi connectivity index (χ1) is 9.57. The SMILES string of the molecule is CCNC(=O)N1CCN(C(=O)C2(N)CCOCC2)CC1.Cl. The van der Waals surface area contributed by atoms with Crippen LogP contribution in [0.4, 0.5) is 4.79 Å². The lowest BCUT2D eigenvalue weighted by Crippen LogP contribution is -2.62.